The van der Waals surface area contributed by atoms with Crippen molar-refractivity contribution in [3.8, 4) is 77.9 Å². The minimum absolute atomic E-state index is 0.112. The number of hydrogen-bond donors (Lipinski definition) is 0. The van der Waals surface area contributed by atoms with E-state index in [-0.39, 0.29) is 5.41 Å². The Morgan fingerprint density at radius 1 is 0.327 bits per heavy atom. The molecule has 0 fully saturated rings. The Balaban J connectivity index is 1.24. The number of para-hydroxylation sites is 1. The third kappa shape index (κ3) is 3.94. The van der Waals surface area contributed by atoms with Crippen LogP contribution in [-0.4, -0.2) is 0 Å². The molecule has 0 saturated heterocycles. The molecule has 3 aliphatic carbocycles. The van der Waals surface area contributed by atoms with Crippen LogP contribution in [0.5, 0.6) is 0 Å². The standard InChI is InChI=1S/C51H35N/c1-51(2)44-25-10-8-20-42(44)50-45(51)26-14-28-47(50)52(46-27-11-9-17-34(46)32-15-4-3-5-16-32)33-29-30-36-39-22-13-23-40-41-24-12-21-38(49(41)43(36)31-33)35-18-6-7-19-37(35)48(39)40/h3-31H,1-2H3. The Labute approximate surface area is 305 Å². The lowest BCUT2D eigenvalue weighted by atomic mass is 9.82. The monoisotopic (exact) mass is 661 g/mol. The highest BCUT2D eigenvalue weighted by Crippen LogP contribution is 2.59. The molecule has 6 bridgehead atoms. The van der Waals surface area contributed by atoms with Gasteiger partial charge in [-0.15, -0.1) is 0 Å². The fourth-order valence-corrected chi connectivity index (χ4v) is 9.49. The second kappa shape index (κ2) is 10.8. The van der Waals surface area contributed by atoms with Crippen LogP contribution in [0.2, 0.25) is 0 Å². The van der Waals surface area contributed by atoms with Crippen LogP contribution in [0.15, 0.2) is 176 Å². The van der Waals surface area contributed by atoms with Crippen molar-refractivity contribution in [2.75, 3.05) is 4.90 Å². The van der Waals surface area contributed by atoms with Crippen LogP contribution in [0.1, 0.15) is 25.0 Å². The topological polar surface area (TPSA) is 3.24 Å². The molecule has 0 spiro atoms. The predicted molar refractivity (Wildman–Crippen MR) is 218 cm³/mol. The smallest absolute Gasteiger partial charge is 0.0543 e. The minimum Gasteiger partial charge on any atom is -0.309 e. The van der Waals surface area contributed by atoms with Crippen LogP contribution in [0.3, 0.4) is 0 Å². The average molecular weight is 662 g/mol. The van der Waals surface area contributed by atoms with Gasteiger partial charge in [-0.1, -0.05) is 166 Å². The number of hydrogen-bond acceptors (Lipinski definition) is 1. The van der Waals surface area contributed by atoms with Gasteiger partial charge in [0.1, 0.15) is 0 Å². The van der Waals surface area contributed by atoms with E-state index >= 15 is 0 Å². The van der Waals surface area contributed by atoms with Crippen molar-refractivity contribution in [1.29, 1.82) is 0 Å². The van der Waals surface area contributed by atoms with Crippen molar-refractivity contribution in [2.45, 2.75) is 19.3 Å². The maximum absolute atomic E-state index is 2.53. The third-order valence-electron chi connectivity index (χ3n) is 11.8. The minimum atomic E-state index is -0.112. The van der Waals surface area contributed by atoms with Crippen molar-refractivity contribution in [3.05, 3.63) is 187 Å². The quantitative estimate of drug-likeness (QED) is 0.181. The molecule has 8 aromatic carbocycles. The van der Waals surface area contributed by atoms with Gasteiger partial charge in [-0.05, 0) is 102 Å². The zero-order valence-corrected chi connectivity index (χ0v) is 29.2. The number of rotatable bonds is 4. The Morgan fingerprint density at radius 3 is 1.58 bits per heavy atom. The van der Waals surface area contributed by atoms with Crippen LogP contribution in [0.4, 0.5) is 17.1 Å². The molecular formula is C51H35N. The van der Waals surface area contributed by atoms with Crippen LogP contribution in [0.25, 0.3) is 77.9 Å². The zero-order valence-electron chi connectivity index (χ0n) is 29.2. The summed E-state index contributed by atoms with van der Waals surface area (Å²) in [6, 6.07) is 65.5. The van der Waals surface area contributed by atoms with Crippen LogP contribution < -0.4 is 4.90 Å². The first-order valence-corrected chi connectivity index (χ1v) is 18.3. The summed E-state index contributed by atoms with van der Waals surface area (Å²) in [7, 11) is 0. The van der Waals surface area contributed by atoms with Crippen LogP contribution in [0, 0.1) is 0 Å². The maximum Gasteiger partial charge on any atom is 0.0543 e. The largest absolute Gasteiger partial charge is 0.309 e. The third-order valence-corrected chi connectivity index (χ3v) is 11.8. The lowest BCUT2D eigenvalue weighted by Crippen LogP contribution is -2.16. The molecule has 0 aliphatic heterocycles. The lowest BCUT2D eigenvalue weighted by Gasteiger charge is -2.31. The second-order valence-electron chi connectivity index (χ2n) is 14.8. The summed E-state index contributed by atoms with van der Waals surface area (Å²) in [6.07, 6.45) is 0. The number of benzene rings is 8. The van der Waals surface area contributed by atoms with Crippen molar-refractivity contribution in [2.24, 2.45) is 0 Å². The zero-order chi connectivity index (χ0) is 34.6. The van der Waals surface area contributed by atoms with E-state index in [0.29, 0.717) is 0 Å². The molecule has 1 nitrogen and oxygen atoms in total. The summed E-state index contributed by atoms with van der Waals surface area (Å²) in [4.78, 5) is 2.53. The van der Waals surface area contributed by atoms with Gasteiger partial charge in [0, 0.05) is 22.2 Å². The van der Waals surface area contributed by atoms with Crippen molar-refractivity contribution in [3.63, 3.8) is 0 Å². The summed E-state index contributed by atoms with van der Waals surface area (Å²) in [5.74, 6) is 0. The molecular weight excluding hydrogens is 627 g/mol. The molecule has 0 radical (unpaired) electrons. The highest BCUT2D eigenvalue weighted by molar-refractivity contribution is 6.15. The van der Waals surface area contributed by atoms with E-state index in [1.165, 1.54) is 94.7 Å². The molecule has 0 heterocycles. The molecule has 244 valence electrons. The van der Waals surface area contributed by atoms with Crippen molar-refractivity contribution in [1.82, 2.24) is 0 Å². The van der Waals surface area contributed by atoms with Gasteiger partial charge in [0.25, 0.3) is 0 Å². The molecule has 8 aromatic rings. The van der Waals surface area contributed by atoms with Gasteiger partial charge in [0.2, 0.25) is 0 Å². The van der Waals surface area contributed by atoms with Crippen LogP contribution >= 0.6 is 0 Å². The van der Waals surface area contributed by atoms with Crippen molar-refractivity contribution < 1.29 is 0 Å². The fourth-order valence-electron chi connectivity index (χ4n) is 9.49. The molecule has 0 amide bonds. The van der Waals surface area contributed by atoms with Crippen molar-refractivity contribution >= 4 is 17.1 Å². The number of fused-ring (bicyclic) bond motifs is 7. The molecule has 0 atom stereocenters. The summed E-state index contributed by atoms with van der Waals surface area (Å²) >= 11 is 0. The summed E-state index contributed by atoms with van der Waals surface area (Å²) in [5, 5.41) is 0. The molecule has 0 saturated carbocycles. The molecule has 1 heteroatoms. The summed E-state index contributed by atoms with van der Waals surface area (Å²) in [6.45, 7) is 4.73. The van der Waals surface area contributed by atoms with E-state index in [2.05, 4.69) is 195 Å². The first kappa shape index (κ1) is 29.3. The lowest BCUT2D eigenvalue weighted by molar-refractivity contribution is 0.660. The number of nitrogens with zero attached hydrogens (tertiary/aromatic N) is 1. The maximum atomic E-state index is 2.53. The van der Waals surface area contributed by atoms with Gasteiger partial charge >= 0.3 is 0 Å². The highest BCUT2D eigenvalue weighted by Gasteiger charge is 2.38. The highest BCUT2D eigenvalue weighted by atomic mass is 15.1. The molecule has 0 unspecified atom stereocenters. The molecule has 52 heavy (non-hydrogen) atoms. The first-order chi connectivity index (χ1) is 25.6. The van der Waals surface area contributed by atoms with E-state index < -0.39 is 0 Å². The summed E-state index contributed by atoms with van der Waals surface area (Å²) < 4.78 is 0. The van der Waals surface area contributed by atoms with Gasteiger partial charge < -0.3 is 4.90 Å². The first-order valence-electron chi connectivity index (χ1n) is 18.3. The molecule has 11 rings (SSSR count). The van der Waals surface area contributed by atoms with E-state index in [4.69, 9.17) is 0 Å². The molecule has 0 N–H and O–H groups in total. The Morgan fingerprint density at radius 2 is 0.827 bits per heavy atom. The molecule has 0 aromatic heterocycles. The van der Waals surface area contributed by atoms with E-state index in [9.17, 15) is 0 Å². The fraction of sp³-hybridized carbons (Fsp3) is 0.0588. The van der Waals surface area contributed by atoms with Crippen LogP contribution in [-0.2, 0) is 5.41 Å². The van der Waals surface area contributed by atoms with E-state index in [0.717, 1.165) is 11.4 Å². The molecule has 3 aliphatic rings. The second-order valence-corrected chi connectivity index (χ2v) is 14.8. The predicted octanol–water partition coefficient (Wildman–Crippen LogP) is 14.1. The van der Waals surface area contributed by atoms with E-state index in [1.807, 2.05) is 0 Å². The number of anilines is 3. The Hall–Kier alpha value is -6.44. The Bertz CT molecular complexity index is 2740. The summed E-state index contributed by atoms with van der Waals surface area (Å²) in [5.41, 5.74) is 24.1. The van der Waals surface area contributed by atoms with E-state index in [1.54, 1.807) is 0 Å². The SMILES string of the molecule is CC1(C)c2ccccc2-c2c(N(c3ccc4c(c3)-c3c5cccc3-c3cccc-4c3-c3ccccc3-5)c3ccccc3-c3ccccc3)cccc21. The van der Waals surface area contributed by atoms with Gasteiger partial charge in [-0.25, -0.2) is 0 Å². The Kier molecular flexibility index (Phi) is 6.08. The normalized spacial score (nSPS) is 13.3. The van der Waals surface area contributed by atoms with Gasteiger partial charge in [-0.3, -0.25) is 0 Å². The van der Waals surface area contributed by atoms with Gasteiger partial charge in [0.05, 0.1) is 11.4 Å². The van der Waals surface area contributed by atoms with Gasteiger partial charge in [0.15, 0.2) is 0 Å². The van der Waals surface area contributed by atoms with Gasteiger partial charge in [-0.2, -0.15) is 0 Å². The average Bonchev–Trinajstić information content (AvgIpc) is 3.37.